The summed E-state index contributed by atoms with van der Waals surface area (Å²) >= 11 is 0. The molecule has 2 N–H and O–H groups in total. The van der Waals surface area contributed by atoms with Crippen LogP contribution in [0.15, 0.2) is 47.4 Å². The molecule has 0 bridgehead atoms. The first-order valence-electron chi connectivity index (χ1n) is 11.3. The maximum absolute atomic E-state index is 13.2. The number of benzene rings is 2. The summed E-state index contributed by atoms with van der Waals surface area (Å²) in [5.74, 6) is 1.89. The topological polar surface area (TPSA) is 70.7 Å². The van der Waals surface area contributed by atoms with Gasteiger partial charge in [-0.25, -0.2) is 8.42 Å². The van der Waals surface area contributed by atoms with Crippen LogP contribution in [0.2, 0.25) is 0 Å². The molecule has 2 atom stereocenters. The van der Waals surface area contributed by atoms with Crippen molar-refractivity contribution in [2.45, 2.75) is 42.5 Å². The van der Waals surface area contributed by atoms with Gasteiger partial charge in [-0.05, 0) is 80.6 Å². The zero-order chi connectivity index (χ0) is 21.4. The van der Waals surface area contributed by atoms with Gasteiger partial charge in [0.25, 0.3) is 10.0 Å². The first kappa shape index (κ1) is 20.8. The van der Waals surface area contributed by atoms with E-state index in [4.69, 9.17) is 4.74 Å². The number of nitrogens with zero attached hydrogens (tertiary/aromatic N) is 1. The summed E-state index contributed by atoms with van der Waals surface area (Å²) in [6.45, 7) is 3.88. The molecule has 7 heteroatoms. The molecule has 0 amide bonds. The summed E-state index contributed by atoms with van der Waals surface area (Å²) in [5, 5.41) is 7.19. The maximum Gasteiger partial charge on any atom is 0.264 e. The molecule has 166 valence electrons. The van der Waals surface area contributed by atoms with Crippen LogP contribution >= 0.6 is 0 Å². The van der Waals surface area contributed by atoms with Crippen molar-refractivity contribution >= 4 is 15.7 Å². The van der Waals surface area contributed by atoms with Gasteiger partial charge in [0, 0.05) is 24.6 Å². The Labute approximate surface area is 185 Å². The van der Waals surface area contributed by atoms with Crippen LogP contribution in [0, 0.1) is 5.92 Å². The number of hydrogen-bond donors (Lipinski definition) is 2. The minimum absolute atomic E-state index is 0.271. The first-order chi connectivity index (χ1) is 15.1. The van der Waals surface area contributed by atoms with Crippen molar-refractivity contribution in [2.24, 2.45) is 5.92 Å². The molecule has 2 fully saturated rings. The smallest absolute Gasteiger partial charge is 0.264 e. The standard InChI is InChI=1S/C24H31N3O3S/c1-30-20-3-2-4-21(14-20)31(28,29)27-12-9-19-13-18(5-6-24(19)27)22-15-23(22)26-16-17-7-10-25-11-8-17/h2-6,13-14,17,22-23,25-26H,7-12,15-16H2,1H3. The Morgan fingerprint density at radius 1 is 1.16 bits per heavy atom. The normalized spacial score (nSPS) is 23.6. The molecule has 2 aromatic rings. The average Bonchev–Trinajstić information content (AvgIpc) is 3.46. The fraction of sp³-hybridized carbons (Fsp3) is 0.500. The van der Waals surface area contributed by atoms with Crippen molar-refractivity contribution < 1.29 is 13.2 Å². The van der Waals surface area contributed by atoms with Crippen molar-refractivity contribution in [3.05, 3.63) is 53.6 Å². The van der Waals surface area contributed by atoms with Crippen molar-refractivity contribution in [3.63, 3.8) is 0 Å². The molecule has 2 aliphatic heterocycles. The minimum atomic E-state index is -3.60. The highest BCUT2D eigenvalue weighted by atomic mass is 32.2. The van der Waals surface area contributed by atoms with E-state index in [1.165, 1.54) is 24.8 Å². The van der Waals surface area contributed by atoms with Crippen LogP contribution in [0.5, 0.6) is 5.75 Å². The molecule has 0 radical (unpaired) electrons. The van der Waals surface area contributed by atoms with E-state index in [1.54, 1.807) is 35.7 Å². The van der Waals surface area contributed by atoms with E-state index >= 15 is 0 Å². The molecule has 0 spiro atoms. The van der Waals surface area contributed by atoms with Crippen molar-refractivity contribution in [2.75, 3.05) is 37.6 Å². The lowest BCUT2D eigenvalue weighted by Crippen LogP contribution is -2.34. The highest BCUT2D eigenvalue weighted by Gasteiger charge is 2.39. The van der Waals surface area contributed by atoms with Gasteiger partial charge < -0.3 is 15.4 Å². The van der Waals surface area contributed by atoms with Crippen molar-refractivity contribution in [1.82, 2.24) is 10.6 Å². The number of anilines is 1. The molecule has 2 aromatic carbocycles. The third-order valence-electron chi connectivity index (χ3n) is 6.93. The fourth-order valence-electron chi connectivity index (χ4n) is 4.95. The Morgan fingerprint density at radius 2 is 2.00 bits per heavy atom. The van der Waals surface area contributed by atoms with Crippen LogP contribution in [0.1, 0.15) is 36.3 Å². The van der Waals surface area contributed by atoms with Crippen LogP contribution in [0.4, 0.5) is 5.69 Å². The van der Waals surface area contributed by atoms with E-state index < -0.39 is 10.0 Å². The Hall–Kier alpha value is -2.09. The number of sulfonamides is 1. The number of ether oxygens (including phenoxy) is 1. The Morgan fingerprint density at radius 3 is 2.81 bits per heavy atom. The Balaban J connectivity index is 1.27. The highest BCUT2D eigenvalue weighted by Crippen LogP contribution is 2.44. The van der Waals surface area contributed by atoms with Crippen LogP contribution in [-0.4, -0.2) is 47.7 Å². The van der Waals surface area contributed by atoms with E-state index in [9.17, 15) is 8.42 Å². The summed E-state index contributed by atoms with van der Waals surface area (Å²) in [7, 11) is -2.05. The quantitative estimate of drug-likeness (QED) is 0.691. The molecule has 2 heterocycles. The van der Waals surface area contributed by atoms with Gasteiger partial charge in [-0.3, -0.25) is 4.31 Å². The second-order valence-electron chi connectivity index (χ2n) is 8.94. The number of piperidine rings is 1. The number of nitrogens with one attached hydrogen (secondary N) is 2. The largest absolute Gasteiger partial charge is 0.497 e. The maximum atomic E-state index is 13.2. The molecule has 6 nitrogen and oxygen atoms in total. The molecular formula is C24H31N3O3S. The van der Waals surface area contributed by atoms with Crippen molar-refractivity contribution in [3.8, 4) is 5.75 Å². The van der Waals surface area contributed by atoms with E-state index in [1.807, 2.05) is 6.07 Å². The summed E-state index contributed by atoms with van der Waals surface area (Å²) in [6, 6.07) is 13.6. The van der Waals surface area contributed by atoms with Gasteiger partial charge in [0.15, 0.2) is 0 Å². The minimum Gasteiger partial charge on any atom is -0.497 e. The van der Waals surface area contributed by atoms with E-state index in [0.717, 1.165) is 43.2 Å². The Bertz CT molecular complexity index is 1050. The second-order valence-corrected chi connectivity index (χ2v) is 10.8. The van der Waals surface area contributed by atoms with Gasteiger partial charge in [0.05, 0.1) is 17.7 Å². The molecule has 3 aliphatic rings. The van der Waals surface area contributed by atoms with Gasteiger partial charge in [-0.1, -0.05) is 18.2 Å². The van der Waals surface area contributed by atoms with Gasteiger partial charge in [0.2, 0.25) is 0 Å². The second kappa shape index (κ2) is 8.45. The number of hydrogen-bond acceptors (Lipinski definition) is 5. The van der Waals surface area contributed by atoms with Gasteiger partial charge >= 0.3 is 0 Å². The van der Waals surface area contributed by atoms with Crippen LogP contribution in [0.25, 0.3) is 0 Å². The van der Waals surface area contributed by atoms with Crippen LogP contribution < -0.4 is 19.7 Å². The molecule has 1 saturated carbocycles. The SMILES string of the molecule is COc1cccc(S(=O)(=O)N2CCc3cc(C4CC4NCC4CCNCC4)ccc32)c1. The first-order valence-corrected chi connectivity index (χ1v) is 12.7. The predicted molar refractivity (Wildman–Crippen MR) is 122 cm³/mol. The monoisotopic (exact) mass is 441 g/mol. The van der Waals surface area contributed by atoms with Gasteiger partial charge in [-0.2, -0.15) is 0 Å². The summed E-state index contributed by atoms with van der Waals surface area (Å²) in [6.07, 6.45) is 4.46. The number of rotatable bonds is 7. The molecular weight excluding hydrogens is 410 g/mol. The third-order valence-corrected chi connectivity index (χ3v) is 8.74. The van der Waals surface area contributed by atoms with E-state index in [2.05, 4.69) is 22.8 Å². The van der Waals surface area contributed by atoms with E-state index in [0.29, 0.717) is 24.3 Å². The molecule has 31 heavy (non-hydrogen) atoms. The molecule has 1 saturated heterocycles. The van der Waals surface area contributed by atoms with Gasteiger partial charge in [-0.15, -0.1) is 0 Å². The zero-order valence-electron chi connectivity index (χ0n) is 18.0. The highest BCUT2D eigenvalue weighted by molar-refractivity contribution is 7.92. The summed E-state index contributed by atoms with van der Waals surface area (Å²) < 4.78 is 33.2. The van der Waals surface area contributed by atoms with Crippen LogP contribution in [-0.2, 0) is 16.4 Å². The van der Waals surface area contributed by atoms with Crippen LogP contribution in [0.3, 0.4) is 0 Å². The van der Waals surface area contributed by atoms with E-state index in [-0.39, 0.29) is 4.90 Å². The average molecular weight is 442 g/mol. The molecule has 1 aliphatic carbocycles. The third kappa shape index (κ3) is 4.19. The lowest BCUT2D eigenvalue weighted by Gasteiger charge is -2.23. The lowest BCUT2D eigenvalue weighted by atomic mass is 9.98. The molecule has 2 unspecified atom stereocenters. The Kier molecular flexibility index (Phi) is 5.67. The predicted octanol–water partition coefficient (Wildman–Crippen LogP) is 2.89. The summed E-state index contributed by atoms with van der Waals surface area (Å²) in [5.41, 5.74) is 3.28. The zero-order valence-corrected chi connectivity index (χ0v) is 18.8. The number of fused-ring (bicyclic) bond motifs is 1. The van der Waals surface area contributed by atoms with Gasteiger partial charge in [0.1, 0.15) is 5.75 Å². The molecule has 0 aromatic heterocycles. The fourth-order valence-corrected chi connectivity index (χ4v) is 6.49. The van der Waals surface area contributed by atoms with Crippen molar-refractivity contribution in [1.29, 1.82) is 0 Å². The summed E-state index contributed by atoms with van der Waals surface area (Å²) in [4.78, 5) is 0.271. The molecule has 5 rings (SSSR count). The number of methoxy groups -OCH3 is 1. The lowest BCUT2D eigenvalue weighted by molar-refractivity contribution is 0.355.